The van der Waals surface area contributed by atoms with Gasteiger partial charge >= 0.3 is 0 Å². The number of rotatable bonds is 5. The first kappa shape index (κ1) is 14.2. The maximum Gasteiger partial charge on any atom is 0.250 e. The van der Waals surface area contributed by atoms with Crippen molar-refractivity contribution in [2.75, 3.05) is 6.54 Å². The van der Waals surface area contributed by atoms with Crippen LogP contribution in [-0.4, -0.2) is 28.2 Å². The lowest BCUT2D eigenvalue weighted by Gasteiger charge is -2.12. The van der Waals surface area contributed by atoms with Gasteiger partial charge in [-0.25, -0.2) is 0 Å². The Hall–Kier alpha value is -1.88. The molecule has 1 rings (SSSR count). The molecule has 5 nitrogen and oxygen atoms in total. The third-order valence-corrected chi connectivity index (χ3v) is 2.24. The Labute approximate surface area is 106 Å². The van der Waals surface area contributed by atoms with Crippen LogP contribution in [0.1, 0.15) is 13.8 Å². The van der Waals surface area contributed by atoms with E-state index in [-0.39, 0.29) is 24.6 Å². The van der Waals surface area contributed by atoms with Gasteiger partial charge in [0.25, 0.3) is 5.56 Å². The molecule has 98 valence electrons. The molecule has 0 saturated carbocycles. The zero-order chi connectivity index (χ0) is 13.5. The van der Waals surface area contributed by atoms with Crippen LogP contribution in [0.2, 0.25) is 0 Å². The number of aliphatic hydroxyl groups is 1. The lowest BCUT2D eigenvalue weighted by molar-refractivity contribution is -0.117. The van der Waals surface area contributed by atoms with E-state index in [2.05, 4.69) is 5.32 Å². The normalized spacial score (nSPS) is 11.7. The van der Waals surface area contributed by atoms with E-state index in [9.17, 15) is 14.7 Å². The maximum atomic E-state index is 11.4. The molecule has 0 aliphatic heterocycles. The highest BCUT2D eigenvalue weighted by atomic mass is 16.3. The molecule has 1 atom stereocenters. The van der Waals surface area contributed by atoms with Gasteiger partial charge in [-0.05, 0) is 19.9 Å². The molecule has 1 aromatic rings. The predicted molar refractivity (Wildman–Crippen MR) is 69.1 cm³/mol. The molecule has 0 saturated heterocycles. The largest absolute Gasteiger partial charge is 0.389 e. The van der Waals surface area contributed by atoms with Crippen molar-refractivity contribution in [3.63, 3.8) is 0 Å². The highest BCUT2D eigenvalue weighted by Crippen LogP contribution is 1.90. The Morgan fingerprint density at radius 3 is 2.83 bits per heavy atom. The Morgan fingerprint density at radius 2 is 2.22 bits per heavy atom. The molecule has 0 fully saturated rings. The first-order chi connectivity index (χ1) is 8.49. The summed E-state index contributed by atoms with van der Waals surface area (Å²) in [5.41, 5.74) is 0.716. The van der Waals surface area contributed by atoms with Crippen molar-refractivity contribution in [2.45, 2.75) is 26.5 Å². The summed E-state index contributed by atoms with van der Waals surface area (Å²) in [7, 11) is 0. The van der Waals surface area contributed by atoms with Crippen LogP contribution in [0, 0.1) is 0 Å². The number of hydrogen-bond donors (Lipinski definition) is 2. The molecule has 1 amide bonds. The molecule has 0 radical (unpaired) electrons. The van der Waals surface area contributed by atoms with Gasteiger partial charge in [0.1, 0.15) is 0 Å². The number of hydrogen-bond acceptors (Lipinski definition) is 3. The summed E-state index contributed by atoms with van der Waals surface area (Å²) in [6, 6.07) is 4.78. The average Bonchev–Trinajstić information content (AvgIpc) is 2.29. The summed E-state index contributed by atoms with van der Waals surface area (Å²) < 4.78 is 1.40. The van der Waals surface area contributed by atoms with Crippen molar-refractivity contribution < 1.29 is 9.90 Å². The smallest absolute Gasteiger partial charge is 0.250 e. The van der Waals surface area contributed by atoms with Gasteiger partial charge < -0.3 is 15.0 Å². The van der Waals surface area contributed by atoms with Crippen LogP contribution in [0.15, 0.2) is 40.8 Å². The van der Waals surface area contributed by atoms with Crippen LogP contribution < -0.4 is 10.9 Å². The van der Waals surface area contributed by atoms with Crippen molar-refractivity contribution in [1.29, 1.82) is 0 Å². The molecule has 18 heavy (non-hydrogen) atoms. The molecule has 1 heterocycles. The maximum absolute atomic E-state index is 11.4. The van der Waals surface area contributed by atoms with Crippen molar-refractivity contribution in [2.24, 2.45) is 0 Å². The number of nitrogens with zero attached hydrogens (tertiary/aromatic N) is 1. The molecule has 2 N–H and O–H groups in total. The molecule has 0 spiro atoms. The molecular weight excluding hydrogens is 232 g/mol. The van der Waals surface area contributed by atoms with Gasteiger partial charge in [0.2, 0.25) is 5.91 Å². The first-order valence-electron chi connectivity index (χ1n) is 5.75. The van der Waals surface area contributed by atoms with Crippen molar-refractivity contribution in [3.05, 3.63) is 46.4 Å². The van der Waals surface area contributed by atoms with E-state index in [0.717, 1.165) is 5.57 Å². The second-order valence-corrected chi connectivity index (χ2v) is 4.31. The predicted octanol–water partition coefficient (Wildman–Crippen LogP) is 0.292. The number of nitrogens with one attached hydrogen (secondary N) is 1. The lowest BCUT2D eigenvalue weighted by atomic mass is 10.3. The van der Waals surface area contributed by atoms with Crippen molar-refractivity contribution in [1.82, 2.24) is 9.88 Å². The van der Waals surface area contributed by atoms with E-state index in [1.807, 2.05) is 13.8 Å². The SMILES string of the molecule is CC(C)=CC(=O)NCC(O)Cn1ccccc1=O. The van der Waals surface area contributed by atoms with E-state index in [4.69, 9.17) is 0 Å². The van der Waals surface area contributed by atoms with Gasteiger partial charge in [0.15, 0.2) is 0 Å². The molecule has 1 aromatic heterocycles. The zero-order valence-corrected chi connectivity index (χ0v) is 10.6. The lowest BCUT2D eigenvalue weighted by Crippen LogP contribution is -2.35. The molecule has 1 unspecified atom stereocenters. The van der Waals surface area contributed by atoms with E-state index in [1.165, 1.54) is 16.7 Å². The number of aromatic nitrogens is 1. The van der Waals surface area contributed by atoms with Crippen LogP contribution in [0.4, 0.5) is 0 Å². The molecule has 0 bridgehead atoms. The third kappa shape index (κ3) is 4.97. The van der Waals surface area contributed by atoms with Crippen LogP contribution in [0.5, 0.6) is 0 Å². The van der Waals surface area contributed by atoms with Crippen LogP contribution in [-0.2, 0) is 11.3 Å². The second kappa shape index (κ2) is 6.76. The van der Waals surface area contributed by atoms with Gasteiger partial charge in [0.05, 0.1) is 12.6 Å². The summed E-state index contributed by atoms with van der Waals surface area (Å²) in [6.45, 7) is 3.91. The fourth-order valence-electron chi connectivity index (χ4n) is 1.43. The third-order valence-electron chi connectivity index (χ3n) is 2.24. The number of allylic oxidation sites excluding steroid dienone is 1. The highest BCUT2D eigenvalue weighted by molar-refractivity contribution is 5.87. The number of aliphatic hydroxyl groups excluding tert-OH is 1. The number of carbonyl (C=O) groups excluding carboxylic acids is 1. The standard InChI is InChI=1S/C13H18N2O3/c1-10(2)7-12(17)14-8-11(16)9-15-6-4-3-5-13(15)18/h3-7,11,16H,8-9H2,1-2H3,(H,14,17). The topological polar surface area (TPSA) is 71.3 Å². The van der Waals surface area contributed by atoms with Gasteiger partial charge in [-0.15, -0.1) is 0 Å². The summed E-state index contributed by atoms with van der Waals surface area (Å²) in [5.74, 6) is -0.241. The van der Waals surface area contributed by atoms with E-state index in [0.29, 0.717) is 0 Å². The Morgan fingerprint density at radius 1 is 1.50 bits per heavy atom. The minimum Gasteiger partial charge on any atom is -0.389 e. The van der Waals surface area contributed by atoms with E-state index < -0.39 is 6.10 Å². The van der Waals surface area contributed by atoms with E-state index >= 15 is 0 Å². The molecule has 0 aliphatic carbocycles. The van der Waals surface area contributed by atoms with Crippen molar-refractivity contribution >= 4 is 5.91 Å². The number of carbonyl (C=O) groups is 1. The van der Waals surface area contributed by atoms with E-state index in [1.54, 1.807) is 18.3 Å². The molecule has 0 aromatic carbocycles. The monoisotopic (exact) mass is 250 g/mol. The minimum absolute atomic E-state index is 0.115. The Kier molecular flexibility index (Phi) is 5.32. The van der Waals surface area contributed by atoms with Gasteiger partial charge in [-0.2, -0.15) is 0 Å². The fourth-order valence-corrected chi connectivity index (χ4v) is 1.43. The minimum atomic E-state index is -0.792. The van der Waals surface area contributed by atoms with Crippen molar-refractivity contribution in [3.8, 4) is 0 Å². The second-order valence-electron chi connectivity index (χ2n) is 4.31. The van der Waals surface area contributed by atoms with Gasteiger partial charge in [0, 0.05) is 24.9 Å². The highest BCUT2D eigenvalue weighted by Gasteiger charge is 2.07. The van der Waals surface area contributed by atoms with Crippen LogP contribution in [0.3, 0.4) is 0 Å². The zero-order valence-electron chi connectivity index (χ0n) is 10.6. The van der Waals surface area contributed by atoms with Crippen LogP contribution >= 0.6 is 0 Å². The van der Waals surface area contributed by atoms with Crippen LogP contribution in [0.25, 0.3) is 0 Å². The summed E-state index contributed by atoms with van der Waals surface area (Å²) >= 11 is 0. The summed E-state index contributed by atoms with van der Waals surface area (Å²) in [5, 5.41) is 12.3. The fraction of sp³-hybridized carbons (Fsp3) is 0.385. The quantitative estimate of drug-likeness (QED) is 0.738. The molecule has 5 heteroatoms. The number of pyridine rings is 1. The molecule has 0 aliphatic rings. The molecular formula is C13H18N2O3. The summed E-state index contributed by atoms with van der Waals surface area (Å²) in [6.07, 6.45) is 2.27. The average molecular weight is 250 g/mol. The van der Waals surface area contributed by atoms with Gasteiger partial charge in [-0.1, -0.05) is 11.6 Å². The van der Waals surface area contributed by atoms with Gasteiger partial charge in [-0.3, -0.25) is 9.59 Å². The Bertz CT molecular complexity index is 487. The number of amides is 1. The summed E-state index contributed by atoms with van der Waals surface area (Å²) in [4.78, 5) is 22.7. The Balaban J connectivity index is 2.46. The first-order valence-corrected chi connectivity index (χ1v) is 5.75.